The summed E-state index contributed by atoms with van der Waals surface area (Å²) in [6.45, 7) is 7.36. The van der Waals surface area contributed by atoms with Crippen LogP contribution in [0.4, 0.5) is 5.69 Å². The molecule has 112 valence electrons. The van der Waals surface area contributed by atoms with Crippen molar-refractivity contribution in [3.8, 4) is 11.3 Å². The molecule has 0 aliphatic carbocycles. The number of nitrogens with zero attached hydrogens (tertiary/aromatic N) is 2. The smallest absolute Gasteiger partial charge is 0.190 e. The van der Waals surface area contributed by atoms with E-state index < -0.39 is 0 Å². The van der Waals surface area contributed by atoms with Crippen molar-refractivity contribution in [2.24, 2.45) is 4.99 Å². The highest BCUT2D eigenvalue weighted by atomic mass is 32.1. The van der Waals surface area contributed by atoms with Crippen LogP contribution in [0, 0.1) is 13.8 Å². The van der Waals surface area contributed by atoms with Crippen LogP contribution >= 0.6 is 11.3 Å². The van der Waals surface area contributed by atoms with Gasteiger partial charge in [-0.15, -0.1) is 11.3 Å². The van der Waals surface area contributed by atoms with Crippen LogP contribution in [-0.4, -0.2) is 4.57 Å². The molecule has 0 bridgehead atoms. The molecule has 2 aromatic carbocycles. The van der Waals surface area contributed by atoms with Crippen molar-refractivity contribution in [1.82, 2.24) is 4.57 Å². The van der Waals surface area contributed by atoms with Crippen molar-refractivity contribution >= 4 is 17.0 Å². The van der Waals surface area contributed by atoms with E-state index in [9.17, 15) is 0 Å². The first-order valence-corrected chi connectivity index (χ1v) is 8.37. The van der Waals surface area contributed by atoms with E-state index in [1.807, 2.05) is 0 Å². The number of aromatic nitrogens is 1. The molecule has 2 nitrogen and oxygen atoms in total. The van der Waals surface area contributed by atoms with E-state index in [0.29, 0.717) is 0 Å². The van der Waals surface area contributed by atoms with E-state index in [4.69, 9.17) is 4.99 Å². The molecule has 0 aliphatic heterocycles. The van der Waals surface area contributed by atoms with Crippen molar-refractivity contribution in [3.63, 3.8) is 0 Å². The van der Waals surface area contributed by atoms with E-state index >= 15 is 0 Å². The SMILES string of the molecule is CCn1c(-c2ccccc2)c(C)sc1=Nc1ccc(C)cc1. The maximum absolute atomic E-state index is 4.84. The van der Waals surface area contributed by atoms with Gasteiger partial charge in [0, 0.05) is 11.4 Å². The Hall–Kier alpha value is -2.13. The zero-order valence-corrected chi connectivity index (χ0v) is 14.0. The Morgan fingerprint density at radius 2 is 1.64 bits per heavy atom. The van der Waals surface area contributed by atoms with Crippen molar-refractivity contribution in [2.45, 2.75) is 27.3 Å². The number of rotatable bonds is 3. The van der Waals surface area contributed by atoms with E-state index in [1.165, 1.54) is 21.7 Å². The van der Waals surface area contributed by atoms with Crippen molar-refractivity contribution < 1.29 is 0 Å². The van der Waals surface area contributed by atoms with Gasteiger partial charge in [0.15, 0.2) is 4.80 Å². The summed E-state index contributed by atoms with van der Waals surface area (Å²) in [4.78, 5) is 7.20. The van der Waals surface area contributed by atoms with Gasteiger partial charge in [0.1, 0.15) is 0 Å². The normalized spacial score (nSPS) is 11.9. The Bertz CT molecular complexity index is 824. The predicted molar refractivity (Wildman–Crippen MR) is 94.6 cm³/mol. The second-order valence-electron chi connectivity index (χ2n) is 5.35. The van der Waals surface area contributed by atoms with Crippen molar-refractivity contribution in [3.05, 3.63) is 69.8 Å². The number of benzene rings is 2. The molecule has 0 fully saturated rings. The van der Waals surface area contributed by atoms with Crippen LogP contribution in [0.5, 0.6) is 0 Å². The van der Waals surface area contributed by atoms with Crippen LogP contribution in [-0.2, 0) is 6.54 Å². The zero-order chi connectivity index (χ0) is 15.5. The molecule has 22 heavy (non-hydrogen) atoms. The minimum absolute atomic E-state index is 0.916. The van der Waals surface area contributed by atoms with Crippen LogP contribution in [0.25, 0.3) is 11.3 Å². The molecule has 1 heterocycles. The van der Waals surface area contributed by atoms with Crippen LogP contribution in [0.2, 0.25) is 0 Å². The Morgan fingerprint density at radius 3 is 2.27 bits per heavy atom. The molecule has 3 heteroatoms. The van der Waals surface area contributed by atoms with Gasteiger partial charge in [0.2, 0.25) is 0 Å². The zero-order valence-electron chi connectivity index (χ0n) is 13.2. The molecule has 0 aliphatic rings. The fourth-order valence-electron chi connectivity index (χ4n) is 2.59. The van der Waals surface area contributed by atoms with Crippen LogP contribution in [0.1, 0.15) is 17.4 Å². The summed E-state index contributed by atoms with van der Waals surface area (Å²) in [7, 11) is 0. The molecule has 0 unspecified atom stereocenters. The van der Waals surface area contributed by atoms with E-state index in [1.54, 1.807) is 11.3 Å². The molecule has 0 spiro atoms. The lowest BCUT2D eigenvalue weighted by molar-refractivity contribution is 0.743. The molecule has 3 rings (SSSR count). The average Bonchev–Trinajstić information content (AvgIpc) is 2.85. The molecule has 0 saturated heterocycles. The maximum atomic E-state index is 4.84. The van der Waals surface area contributed by atoms with Crippen molar-refractivity contribution in [1.29, 1.82) is 0 Å². The highest BCUT2D eigenvalue weighted by Gasteiger charge is 2.11. The summed E-state index contributed by atoms with van der Waals surface area (Å²) >= 11 is 1.76. The Morgan fingerprint density at radius 1 is 0.955 bits per heavy atom. The van der Waals surface area contributed by atoms with Gasteiger partial charge in [-0.25, -0.2) is 4.99 Å². The van der Waals surface area contributed by atoms with E-state index in [2.05, 4.69) is 79.9 Å². The average molecular weight is 308 g/mol. The molecular weight excluding hydrogens is 288 g/mol. The summed E-state index contributed by atoms with van der Waals surface area (Å²) in [6, 6.07) is 18.9. The molecule has 0 saturated carbocycles. The summed E-state index contributed by atoms with van der Waals surface area (Å²) in [6.07, 6.45) is 0. The first-order chi connectivity index (χ1) is 10.7. The van der Waals surface area contributed by atoms with E-state index in [-0.39, 0.29) is 0 Å². The summed E-state index contributed by atoms with van der Waals surface area (Å²) in [5, 5.41) is 0. The first-order valence-electron chi connectivity index (χ1n) is 7.56. The number of hydrogen-bond acceptors (Lipinski definition) is 2. The lowest BCUT2D eigenvalue weighted by Gasteiger charge is -2.07. The van der Waals surface area contributed by atoms with Crippen molar-refractivity contribution in [2.75, 3.05) is 0 Å². The molecule has 0 radical (unpaired) electrons. The molecule has 0 atom stereocenters. The lowest BCUT2D eigenvalue weighted by Crippen LogP contribution is -2.14. The summed E-state index contributed by atoms with van der Waals surface area (Å²) in [5.74, 6) is 0. The molecule has 3 aromatic rings. The third kappa shape index (κ3) is 2.90. The highest BCUT2D eigenvalue weighted by molar-refractivity contribution is 7.09. The fourth-order valence-corrected chi connectivity index (χ4v) is 3.67. The summed E-state index contributed by atoms with van der Waals surface area (Å²) < 4.78 is 2.30. The van der Waals surface area contributed by atoms with E-state index in [0.717, 1.165) is 17.0 Å². The van der Waals surface area contributed by atoms with Crippen LogP contribution < -0.4 is 4.80 Å². The second kappa shape index (κ2) is 6.32. The highest BCUT2D eigenvalue weighted by Crippen LogP contribution is 2.25. The fraction of sp³-hybridized carbons (Fsp3) is 0.211. The Kier molecular flexibility index (Phi) is 4.25. The third-order valence-electron chi connectivity index (χ3n) is 3.70. The first kappa shape index (κ1) is 14.8. The number of thiazole rings is 1. The number of aryl methyl sites for hydroxylation is 2. The Balaban J connectivity index is 2.16. The predicted octanol–water partition coefficient (Wildman–Crippen LogP) is 5.09. The van der Waals surface area contributed by atoms with Gasteiger partial charge >= 0.3 is 0 Å². The Labute approximate surface area is 135 Å². The van der Waals surface area contributed by atoms with Gasteiger partial charge in [0.05, 0.1) is 11.4 Å². The second-order valence-corrected chi connectivity index (χ2v) is 6.53. The minimum atomic E-state index is 0.916. The standard InChI is InChI=1S/C19H20N2S/c1-4-21-18(16-8-6-5-7-9-16)15(3)22-19(21)20-17-12-10-14(2)11-13-17/h5-13H,4H2,1-3H3. The van der Waals surface area contributed by atoms with Gasteiger partial charge in [-0.3, -0.25) is 0 Å². The molecule has 1 aromatic heterocycles. The van der Waals surface area contributed by atoms with Crippen LogP contribution in [0.3, 0.4) is 0 Å². The largest absolute Gasteiger partial charge is 0.316 e. The molecule has 0 N–H and O–H groups in total. The number of hydrogen-bond donors (Lipinski definition) is 0. The van der Waals surface area contributed by atoms with Crippen LogP contribution in [0.15, 0.2) is 59.6 Å². The third-order valence-corrected chi connectivity index (χ3v) is 4.69. The molecular formula is C19H20N2S. The minimum Gasteiger partial charge on any atom is -0.316 e. The lowest BCUT2D eigenvalue weighted by atomic mass is 10.1. The maximum Gasteiger partial charge on any atom is 0.190 e. The van der Waals surface area contributed by atoms with Gasteiger partial charge < -0.3 is 4.57 Å². The quantitative estimate of drug-likeness (QED) is 0.641. The monoisotopic (exact) mass is 308 g/mol. The summed E-state index contributed by atoms with van der Waals surface area (Å²) in [5.41, 5.74) is 4.80. The van der Waals surface area contributed by atoms with Gasteiger partial charge in [-0.1, -0.05) is 48.0 Å². The molecule has 0 amide bonds. The van der Waals surface area contributed by atoms with Gasteiger partial charge in [-0.2, -0.15) is 0 Å². The topological polar surface area (TPSA) is 17.3 Å². The van der Waals surface area contributed by atoms with Gasteiger partial charge in [0.25, 0.3) is 0 Å². The van der Waals surface area contributed by atoms with Gasteiger partial charge in [-0.05, 0) is 38.5 Å².